The average Bonchev–Trinajstić information content (AvgIpc) is 2.98. The molecule has 0 saturated carbocycles. The Bertz CT molecular complexity index is 1150. The lowest BCUT2D eigenvalue weighted by Crippen LogP contribution is -2.23. The van der Waals surface area contributed by atoms with Crippen LogP contribution in [0.2, 0.25) is 0 Å². The number of amides is 1. The molecule has 30 heavy (non-hydrogen) atoms. The van der Waals surface area contributed by atoms with Gasteiger partial charge in [-0.2, -0.15) is 4.99 Å². The fraction of sp³-hybridized carbons (Fsp3) is 0.286. The number of ether oxygens (including phenoxy) is 1. The molecule has 0 aliphatic rings. The van der Waals surface area contributed by atoms with Gasteiger partial charge in [0.25, 0.3) is 5.91 Å². The lowest BCUT2D eigenvalue weighted by atomic mass is 10.2. The Morgan fingerprint density at radius 1 is 1.20 bits per heavy atom. The minimum Gasteiger partial charge on any atom is -0.465 e. The van der Waals surface area contributed by atoms with E-state index in [4.69, 9.17) is 4.74 Å². The molecule has 9 heteroatoms. The predicted octanol–water partition coefficient (Wildman–Crippen LogP) is 4.79. The van der Waals surface area contributed by atoms with Crippen LogP contribution in [0.25, 0.3) is 10.2 Å². The summed E-state index contributed by atoms with van der Waals surface area (Å²) in [5, 5.41) is 0.409. The first-order valence-electron chi connectivity index (χ1n) is 9.28. The maximum absolute atomic E-state index is 14.4. The maximum atomic E-state index is 14.4. The molecule has 0 fully saturated rings. The third-order valence-corrected chi connectivity index (χ3v) is 6.00. The number of halogens is 2. The van der Waals surface area contributed by atoms with Crippen molar-refractivity contribution in [3.05, 3.63) is 58.4 Å². The van der Waals surface area contributed by atoms with Crippen molar-refractivity contribution in [2.24, 2.45) is 4.99 Å². The fourth-order valence-electron chi connectivity index (χ4n) is 2.80. The molecular formula is C21H20F2N2O3S2. The SMILES string of the molecule is CCOC(=O)Cn1c(=NC(=O)c2ccc(SC(C)C)cc2)sc2cc(F)cc(F)c21. The van der Waals surface area contributed by atoms with Crippen molar-refractivity contribution in [3.63, 3.8) is 0 Å². The Morgan fingerprint density at radius 3 is 2.53 bits per heavy atom. The summed E-state index contributed by atoms with van der Waals surface area (Å²) in [5.74, 6) is -2.74. The fourth-order valence-corrected chi connectivity index (χ4v) is 4.70. The molecule has 0 aliphatic heterocycles. The van der Waals surface area contributed by atoms with Crippen LogP contribution in [0.5, 0.6) is 0 Å². The number of rotatable bonds is 6. The van der Waals surface area contributed by atoms with Crippen LogP contribution >= 0.6 is 23.1 Å². The number of thiazole rings is 1. The third kappa shape index (κ3) is 5.14. The standard InChI is InChI=1S/C21H20F2N2O3S2/c1-4-28-18(26)11-25-19-16(23)9-14(22)10-17(19)30-21(25)24-20(27)13-5-7-15(8-6-13)29-12(2)3/h5-10,12H,4,11H2,1-3H3. The van der Waals surface area contributed by atoms with Gasteiger partial charge < -0.3 is 9.30 Å². The summed E-state index contributed by atoms with van der Waals surface area (Å²) >= 11 is 2.60. The van der Waals surface area contributed by atoms with Crippen molar-refractivity contribution < 1.29 is 23.1 Å². The van der Waals surface area contributed by atoms with Crippen molar-refractivity contribution in [2.75, 3.05) is 6.61 Å². The molecule has 1 aromatic heterocycles. The van der Waals surface area contributed by atoms with Crippen LogP contribution in [0, 0.1) is 11.6 Å². The largest absolute Gasteiger partial charge is 0.465 e. The highest BCUT2D eigenvalue weighted by molar-refractivity contribution is 7.99. The van der Waals surface area contributed by atoms with Gasteiger partial charge in [0.15, 0.2) is 10.6 Å². The molecule has 0 unspecified atom stereocenters. The Morgan fingerprint density at radius 2 is 1.90 bits per heavy atom. The highest BCUT2D eigenvalue weighted by atomic mass is 32.2. The van der Waals surface area contributed by atoms with E-state index in [0.29, 0.717) is 10.8 Å². The molecule has 0 atom stereocenters. The van der Waals surface area contributed by atoms with E-state index in [1.165, 1.54) is 4.57 Å². The molecule has 3 aromatic rings. The van der Waals surface area contributed by atoms with Gasteiger partial charge in [-0.15, -0.1) is 11.8 Å². The maximum Gasteiger partial charge on any atom is 0.326 e. The summed E-state index contributed by atoms with van der Waals surface area (Å²) in [4.78, 5) is 29.9. The quantitative estimate of drug-likeness (QED) is 0.400. The minimum atomic E-state index is -0.838. The second-order valence-electron chi connectivity index (χ2n) is 6.62. The van der Waals surface area contributed by atoms with Crippen molar-refractivity contribution in [2.45, 2.75) is 37.5 Å². The first-order chi connectivity index (χ1) is 14.3. The van der Waals surface area contributed by atoms with Crippen LogP contribution in [-0.2, 0) is 16.1 Å². The van der Waals surface area contributed by atoms with E-state index in [1.54, 1.807) is 30.8 Å². The van der Waals surface area contributed by atoms with Crippen LogP contribution in [0.15, 0.2) is 46.3 Å². The summed E-state index contributed by atoms with van der Waals surface area (Å²) < 4.78 is 34.5. The molecule has 0 saturated heterocycles. The Balaban J connectivity index is 2.04. The topological polar surface area (TPSA) is 60.7 Å². The van der Waals surface area contributed by atoms with Crippen molar-refractivity contribution >= 4 is 45.2 Å². The number of hydrogen-bond donors (Lipinski definition) is 0. The van der Waals surface area contributed by atoms with Gasteiger partial charge >= 0.3 is 5.97 Å². The number of nitrogens with zero attached hydrogens (tertiary/aromatic N) is 2. The number of thioether (sulfide) groups is 1. The zero-order valence-electron chi connectivity index (χ0n) is 16.6. The van der Waals surface area contributed by atoms with E-state index in [-0.39, 0.29) is 28.2 Å². The molecule has 0 aliphatic carbocycles. The Kier molecular flexibility index (Phi) is 7.04. The predicted molar refractivity (Wildman–Crippen MR) is 114 cm³/mol. The van der Waals surface area contributed by atoms with Crippen LogP contribution < -0.4 is 4.80 Å². The van der Waals surface area contributed by atoms with Crippen molar-refractivity contribution in [1.82, 2.24) is 4.57 Å². The zero-order valence-corrected chi connectivity index (χ0v) is 18.3. The first-order valence-corrected chi connectivity index (χ1v) is 11.0. The molecule has 3 rings (SSSR count). The van der Waals surface area contributed by atoms with Crippen LogP contribution in [0.1, 0.15) is 31.1 Å². The highest BCUT2D eigenvalue weighted by Crippen LogP contribution is 2.24. The van der Waals surface area contributed by atoms with E-state index < -0.39 is 23.5 Å². The first kappa shape index (κ1) is 22.2. The number of carbonyl (C=O) groups excluding carboxylic acids is 2. The number of aromatic nitrogens is 1. The highest BCUT2D eigenvalue weighted by Gasteiger charge is 2.17. The number of esters is 1. The number of fused-ring (bicyclic) bond motifs is 1. The van der Waals surface area contributed by atoms with E-state index in [0.717, 1.165) is 28.4 Å². The summed E-state index contributed by atoms with van der Waals surface area (Å²) in [7, 11) is 0. The second-order valence-corrected chi connectivity index (χ2v) is 9.28. The monoisotopic (exact) mass is 450 g/mol. The Labute approximate surface area is 180 Å². The molecule has 0 spiro atoms. The molecule has 1 amide bonds. The molecular weight excluding hydrogens is 430 g/mol. The van der Waals surface area contributed by atoms with Gasteiger partial charge in [0.2, 0.25) is 0 Å². The Hall–Kier alpha value is -2.52. The third-order valence-electron chi connectivity index (χ3n) is 3.96. The smallest absolute Gasteiger partial charge is 0.326 e. The normalized spacial score (nSPS) is 12.0. The summed E-state index contributed by atoms with van der Waals surface area (Å²) in [6.07, 6.45) is 0. The average molecular weight is 451 g/mol. The second kappa shape index (κ2) is 9.53. The molecule has 0 N–H and O–H groups in total. The van der Waals surface area contributed by atoms with Crippen LogP contribution in [0.4, 0.5) is 8.78 Å². The molecule has 0 radical (unpaired) electrons. The van der Waals surface area contributed by atoms with Gasteiger partial charge in [-0.3, -0.25) is 9.59 Å². The van der Waals surface area contributed by atoms with Gasteiger partial charge in [-0.05, 0) is 37.3 Å². The molecule has 0 bridgehead atoms. The van der Waals surface area contributed by atoms with Gasteiger partial charge in [0.1, 0.15) is 12.4 Å². The number of benzene rings is 2. The lowest BCUT2D eigenvalue weighted by Gasteiger charge is -2.06. The van der Waals surface area contributed by atoms with Gasteiger partial charge in [0, 0.05) is 21.8 Å². The van der Waals surface area contributed by atoms with Crippen LogP contribution in [0.3, 0.4) is 0 Å². The van der Waals surface area contributed by atoms with E-state index in [1.807, 2.05) is 12.1 Å². The van der Waals surface area contributed by atoms with Crippen molar-refractivity contribution in [1.29, 1.82) is 0 Å². The van der Waals surface area contributed by atoms with Crippen LogP contribution in [-0.4, -0.2) is 28.3 Å². The zero-order chi connectivity index (χ0) is 21.8. The molecule has 158 valence electrons. The molecule has 1 heterocycles. The van der Waals surface area contributed by atoms with E-state index >= 15 is 0 Å². The van der Waals surface area contributed by atoms with Gasteiger partial charge in [-0.1, -0.05) is 25.2 Å². The summed E-state index contributed by atoms with van der Waals surface area (Å²) in [6.45, 7) is 5.62. The minimum absolute atomic E-state index is 0.00434. The van der Waals surface area contributed by atoms with E-state index in [2.05, 4.69) is 18.8 Å². The lowest BCUT2D eigenvalue weighted by molar-refractivity contribution is -0.143. The van der Waals surface area contributed by atoms with Gasteiger partial charge in [-0.25, -0.2) is 8.78 Å². The van der Waals surface area contributed by atoms with Gasteiger partial charge in [0.05, 0.1) is 16.8 Å². The summed E-state index contributed by atoms with van der Waals surface area (Å²) in [6, 6.07) is 8.87. The molecule has 5 nitrogen and oxygen atoms in total. The van der Waals surface area contributed by atoms with Crippen molar-refractivity contribution in [3.8, 4) is 0 Å². The molecule has 2 aromatic carbocycles. The number of hydrogen-bond acceptors (Lipinski definition) is 5. The number of carbonyl (C=O) groups is 2. The van der Waals surface area contributed by atoms with E-state index in [9.17, 15) is 18.4 Å². The summed E-state index contributed by atoms with van der Waals surface area (Å²) in [5.41, 5.74) is 0.361.